The molecule has 2 N–H and O–H groups in total. The van der Waals surface area contributed by atoms with E-state index in [0.717, 1.165) is 0 Å². The summed E-state index contributed by atoms with van der Waals surface area (Å²) < 4.78 is 0. The fraction of sp³-hybridized carbons (Fsp3) is 0.667. The number of nitrogens with zero attached hydrogens (tertiary/aromatic N) is 1. The molecule has 0 aliphatic rings. The molecule has 0 saturated carbocycles. The molecule has 8 heavy (non-hydrogen) atoms. The molecule has 0 aliphatic carbocycles. The van der Waals surface area contributed by atoms with Gasteiger partial charge in [0.2, 0.25) is 0 Å². The monoisotopic (exact) mass is 114 g/mol. The predicted octanol–water partition coefficient (Wildman–Crippen LogP) is 0.409. The van der Waals surface area contributed by atoms with Crippen LogP contribution in [0, 0.1) is 0 Å². The van der Waals surface area contributed by atoms with Gasteiger partial charge in [-0.2, -0.15) is 0 Å². The van der Waals surface area contributed by atoms with Gasteiger partial charge in [0.15, 0.2) is 0 Å². The Labute approximate surface area is 51.0 Å². The third-order valence-electron chi connectivity index (χ3n) is 1.32. The van der Waals surface area contributed by atoms with E-state index < -0.39 is 0 Å². The second-order valence-electron chi connectivity index (χ2n) is 1.92. The molecular formula is C6H14N2. The normalized spacial score (nSPS) is 14.0. The maximum absolute atomic E-state index is 5.33. The van der Waals surface area contributed by atoms with Gasteiger partial charge in [-0.05, 0) is 14.0 Å². The van der Waals surface area contributed by atoms with Crippen molar-refractivity contribution in [2.24, 2.45) is 5.73 Å². The van der Waals surface area contributed by atoms with Crippen LogP contribution in [0.2, 0.25) is 0 Å². The minimum absolute atomic E-state index is 0.389. The number of hydrogen-bond donors (Lipinski definition) is 1. The summed E-state index contributed by atoms with van der Waals surface area (Å²) in [5.74, 6) is 0. The van der Waals surface area contributed by atoms with E-state index in [0.29, 0.717) is 12.7 Å². The van der Waals surface area contributed by atoms with E-state index in [4.69, 9.17) is 5.73 Å². The highest BCUT2D eigenvalue weighted by molar-refractivity contribution is 4.81. The Bertz CT molecular complexity index is 70.9. The van der Waals surface area contributed by atoms with E-state index in [2.05, 4.69) is 13.5 Å². The highest BCUT2D eigenvalue weighted by Gasteiger charge is 1.98. The molecule has 0 amide bonds. The molecule has 2 nitrogen and oxygen atoms in total. The van der Waals surface area contributed by atoms with Gasteiger partial charge in [-0.15, -0.1) is 6.58 Å². The average molecular weight is 114 g/mol. The van der Waals surface area contributed by atoms with Crippen LogP contribution in [0.5, 0.6) is 0 Å². The molecule has 48 valence electrons. The second kappa shape index (κ2) is 3.64. The van der Waals surface area contributed by atoms with Crippen LogP contribution in [0.3, 0.4) is 0 Å². The third kappa shape index (κ3) is 2.09. The first-order chi connectivity index (χ1) is 3.72. The smallest absolute Gasteiger partial charge is 0.0457 e. The first kappa shape index (κ1) is 7.66. The van der Waals surface area contributed by atoms with Crippen molar-refractivity contribution in [3.8, 4) is 0 Å². The maximum Gasteiger partial charge on any atom is 0.0457 e. The van der Waals surface area contributed by atoms with Crippen molar-refractivity contribution in [1.82, 2.24) is 4.90 Å². The average Bonchev–Trinajstić information content (AvgIpc) is 1.84. The van der Waals surface area contributed by atoms with Crippen molar-refractivity contribution in [2.45, 2.75) is 13.0 Å². The van der Waals surface area contributed by atoms with Crippen LogP contribution in [-0.2, 0) is 0 Å². The predicted molar refractivity (Wildman–Crippen MR) is 36.5 cm³/mol. The van der Waals surface area contributed by atoms with Gasteiger partial charge < -0.3 is 5.73 Å². The Morgan fingerprint density at radius 3 is 2.50 bits per heavy atom. The molecule has 1 atom stereocenters. The van der Waals surface area contributed by atoms with E-state index in [1.807, 2.05) is 18.0 Å². The summed E-state index contributed by atoms with van der Waals surface area (Å²) >= 11 is 0. The zero-order valence-corrected chi connectivity index (χ0v) is 5.59. The topological polar surface area (TPSA) is 29.3 Å². The molecule has 0 fully saturated rings. The molecule has 0 bridgehead atoms. The molecule has 1 unspecified atom stereocenters. The fourth-order valence-corrected chi connectivity index (χ4v) is 0.346. The number of likely N-dealkylation sites (N-methyl/N-ethyl adjacent to an activating group) is 1. The summed E-state index contributed by atoms with van der Waals surface area (Å²) in [5, 5.41) is 0. The lowest BCUT2D eigenvalue weighted by atomic mass is 10.3. The highest BCUT2D eigenvalue weighted by atomic mass is 15.2. The first-order valence-corrected chi connectivity index (χ1v) is 2.75. The number of rotatable bonds is 3. The van der Waals surface area contributed by atoms with Crippen molar-refractivity contribution in [3.05, 3.63) is 12.7 Å². The maximum atomic E-state index is 5.33. The van der Waals surface area contributed by atoms with Gasteiger partial charge in [-0.25, -0.2) is 0 Å². The summed E-state index contributed by atoms with van der Waals surface area (Å²) in [5.41, 5.74) is 5.33. The third-order valence-corrected chi connectivity index (χ3v) is 1.32. The van der Waals surface area contributed by atoms with Crippen LogP contribution in [0.1, 0.15) is 6.92 Å². The Kier molecular flexibility index (Phi) is 3.48. The zero-order chi connectivity index (χ0) is 6.57. The highest BCUT2D eigenvalue weighted by Crippen LogP contribution is 1.90. The molecule has 0 aliphatic heterocycles. The van der Waals surface area contributed by atoms with Crippen molar-refractivity contribution in [1.29, 1.82) is 0 Å². The number of nitrogens with two attached hydrogens (primary N) is 1. The van der Waals surface area contributed by atoms with E-state index in [-0.39, 0.29) is 0 Å². The van der Waals surface area contributed by atoms with Crippen molar-refractivity contribution in [2.75, 3.05) is 13.7 Å². The van der Waals surface area contributed by atoms with Gasteiger partial charge in [0.05, 0.1) is 0 Å². The van der Waals surface area contributed by atoms with Crippen LogP contribution in [-0.4, -0.2) is 24.7 Å². The van der Waals surface area contributed by atoms with Crippen molar-refractivity contribution < 1.29 is 0 Å². The molecule has 0 aromatic heterocycles. The van der Waals surface area contributed by atoms with Crippen LogP contribution in [0.25, 0.3) is 0 Å². The van der Waals surface area contributed by atoms with E-state index in [1.54, 1.807) is 0 Å². The van der Waals surface area contributed by atoms with Gasteiger partial charge in [-0.1, -0.05) is 6.08 Å². The summed E-state index contributed by atoms with van der Waals surface area (Å²) in [6.45, 7) is 6.28. The molecule has 0 saturated heterocycles. The Hall–Kier alpha value is -0.340. The largest absolute Gasteiger partial charge is 0.318 e. The standard InChI is InChI=1S/C6H14N2/c1-4-6(2)8(3)5-7/h4,6H,1,5,7H2,2-3H3. The fourth-order valence-electron chi connectivity index (χ4n) is 0.346. The van der Waals surface area contributed by atoms with Gasteiger partial charge in [0, 0.05) is 12.7 Å². The quantitative estimate of drug-likeness (QED) is 0.425. The van der Waals surface area contributed by atoms with E-state index in [1.165, 1.54) is 0 Å². The van der Waals surface area contributed by atoms with E-state index >= 15 is 0 Å². The summed E-state index contributed by atoms with van der Waals surface area (Å²) in [6, 6.07) is 0.389. The van der Waals surface area contributed by atoms with E-state index in [9.17, 15) is 0 Å². The molecule has 0 aromatic carbocycles. The Morgan fingerprint density at radius 1 is 1.88 bits per heavy atom. The summed E-state index contributed by atoms with van der Waals surface area (Å²) in [6.07, 6.45) is 1.87. The lowest BCUT2D eigenvalue weighted by molar-refractivity contribution is 0.306. The second-order valence-corrected chi connectivity index (χ2v) is 1.92. The molecule has 0 radical (unpaired) electrons. The molecule has 0 spiro atoms. The SMILES string of the molecule is C=CC(C)N(C)CN. The van der Waals surface area contributed by atoms with Crippen LogP contribution in [0.15, 0.2) is 12.7 Å². The van der Waals surface area contributed by atoms with Crippen LogP contribution >= 0.6 is 0 Å². The van der Waals surface area contributed by atoms with Gasteiger partial charge in [-0.3, -0.25) is 4.90 Å². The molecular weight excluding hydrogens is 100 g/mol. The summed E-state index contributed by atoms with van der Waals surface area (Å²) in [7, 11) is 1.96. The number of hydrogen-bond acceptors (Lipinski definition) is 2. The molecule has 0 heterocycles. The van der Waals surface area contributed by atoms with Crippen molar-refractivity contribution >= 4 is 0 Å². The Balaban J connectivity index is 3.44. The minimum Gasteiger partial charge on any atom is -0.318 e. The zero-order valence-electron chi connectivity index (χ0n) is 5.59. The Morgan fingerprint density at radius 2 is 2.38 bits per heavy atom. The summed E-state index contributed by atoms with van der Waals surface area (Å²) in [4.78, 5) is 2.01. The van der Waals surface area contributed by atoms with Gasteiger partial charge >= 0.3 is 0 Å². The van der Waals surface area contributed by atoms with Crippen LogP contribution in [0.4, 0.5) is 0 Å². The lowest BCUT2D eigenvalue weighted by Crippen LogP contribution is -2.32. The van der Waals surface area contributed by atoms with Gasteiger partial charge in [0.1, 0.15) is 0 Å². The van der Waals surface area contributed by atoms with Crippen LogP contribution < -0.4 is 5.73 Å². The minimum atomic E-state index is 0.389. The molecule has 0 aromatic rings. The molecule has 0 rings (SSSR count). The van der Waals surface area contributed by atoms with Gasteiger partial charge in [0.25, 0.3) is 0 Å². The lowest BCUT2D eigenvalue weighted by Gasteiger charge is -2.18. The van der Waals surface area contributed by atoms with Crippen molar-refractivity contribution in [3.63, 3.8) is 0 Å². The molecule has 2 heteroatoms. The first-order valence-electron chi connectivity index (χ1n) is 2.75.